The summed E-state index contributed by atoms with van der Waals surface area (Å²) in [4.78, 5) is 0. The van der Waals surface area contributed by atoms with Gasteiger partial charge in [0, 0.05) is 6.42 Å². The molecule has 0 aromatic heterocycles. The summed E-state index contributed by atoms with van der Waals surface area (Å²) >= 11 is 0. The molecule has 1 nitrogen and oxygen atoms in total. The molecular weight excluding hydrogens is 112 g/mol. The lowest BCUT2D eigenvalue weighted by molar-refractivity contribution is 0.296. The summed E-state index contributed by atoms with van der Waals surface area (Å²) in [5.41, 5.74) is 1.39. The quantitative estimate of drug-likeness (QED) is 0.518. The summed E-state index contributed by atoms with van der Waals surface area (Å²) in [6.07, 6.45) is 7.17. The zero-order valence-corrected chi connectivity index (χ0v) is 5.85. The van der Waals surface area contributed by atoms with Gasteiger partial charge in [0.2, 0.25) is 0 Å². The van der Waals surface area contributed by atoms with Crippen LogP contribution in [0.2, 0.25) is 0 Å². The average Bonchev–Trinajstić information content (AvgIpc) is 1.90. The van der Waals surface area contributed by atoms with E-state index in [1.165, 1.54) is 5.57 Å². The van der Waals surface area contributed by atoms with Crippen molar-refractivity contribution in [1.82, 2.24) is 0 Å². The Morgan fingerprint density at radius 3 is 2.67 bits per heavy atom. The molecule has 0 saturated heterocycles. The van der Waals surface area contributed by atoms with E-state index >= 15 is 0 Å². The minimum Gasteiger partial charge on any atom is -0.501 e. The summed E-state index contributed by atoms with van der Waals surface area (Å²) in [5, 5.41) is 0. The monoisotopic (exact) mass is 123 g/mol. The molecule has 0 unspecified atom stereocenters. The average molecular weight is 123 g/mol. The van der Waals surface area contributed by atoms with E-state index in [-0.39, 0.29) is 0 Å². The molecule has 49 valence electrons. The maximum Gasteiger partial charge on any atom is 0.0996 e. The van der Waals surface area contributed by atoms with Crippen LogP contribution in [0, 0.1) is 6.42 Å². The lowest BCUT2D eigenvalue weighted by Crippen LogP contribution is -1.93. The molecular formula is C8H11O. The van der Waals surface area contributed by atoms with Gasteiger partial charge in [-0.25, -0.2) is 0 Å². The number of rotatable bonds is 1. The summed E-state index contributed by atoms with van der Waals surface area (Å²) in [7, 11) is 1.69. The highest BCUT2D eigenvalue weighted by Crippen LogP contribution is 2.16. The van der Waals surface area contributed by atoms with Gasteiger partial charge in [-0.1, -0.05) is 11.6 Å². The highest BCUT2D eigenvalue weighted by molar-refractivity contribution is 5.26. The van der Waals surface area contributed by atoms with E-state index in [0.29, 0.717) is 0 Å². The second kappa shape index (κ2) is 2.72. The van der Waals surface area contributed by atoms with Crippen LogP contribution >= 0.6 is 0 Å². The van der Waals surface area contributed by atoms with Crippen molar-refractivity contribution in [1.29, 1.82) is 0 Å². The van der Waals surface area contributed by atoms with E-state index in [0.717, 1.165) is 12.2 Å². The fraction of sp³-hybridized carbons (Fsp3) is 0.375. The fourth-order valence-electron chi connectivity index (χ4n) is 0.773. The molecule has 0 amide bonds. The third-order valence-corrected chi connectivity index (χ3v) is 1.39. The highest BCUT2D eigenvalue weighted by Gasteiger charge is 2.01. The molecule has 0 aromatic rings. The number of hydrogen-bond donors (Lipinski definition) is 0. The minimum absolute atomic E-state index is 0.973. The molecule has 1 aliphatic carbocycles. The predicted molar refractivity (Wildman–Crippen MR) is 37.8 cm³/mol. The molecule has 1 heteroatoms. The number of hydrogen-bond acceptors (Lipinski definition) is 1. The van der Waals surface area contributed by atoms with Crippen molar-refractivity contribution in [3.8, 4) is 0 Å². The molecule has 1 rings (SSSR count). The Hall–Kier alpha value is -0.720. The van der Waals surface area contributed by atoms with Gasteiger partial charge in [-0.3, -0.25) is 0 Å². The minimum atomic E-state index is 0.973. The van der Waals surface area contributed by atoms with E-state index in [1.807, 2.05) is 6.08 Å². The van der Waals surface area contributed by atoms with Crippen molar-refractivity contribution < 1.29 is 4.74 Å². The molecule has 1 aliphatic rings. The van der Waals surface area contributed by atoms with Crippen molar-refractivity contribution in [2.24, 2.45) is 0 Å². The first-order chi connectivity index (χ1) is 4.33. The highest BCUT2D eigenvalue weighted by atomic mass is 16.5. The van der Waals surface area contributed by atoms with Gasteiger partial charge in [0.1, 0.15) is 0 Å². The molecule has 0 fully saturated rings. The standard InChI is InChI=1S/C8H11O/c1-7-3-5-8(9-2)6-4-7/h3,5-6H,4H2,1-2H3. The van der Waals surface area contributed by atoms with Crippen molar-refractivity contribution in [3.05, 3.63) is 29.9 Å². The van der Waals surface area contributed by atoms with Crippen LogP contribution in [-0.2, 0) is 4.74 Å². The summed E-state index contributed by atoms with van der Waals surface area (Å²) in [6.45, 7) is 2.11. The SMILES string of the molecule is COC1=CC=C(C)C[CH]1. The fourth-order valence-corrected chi connectivity index (χ4v) is 0.773. The number of ether oxygens (including phenoxy) is 1. The molecule has 0 heterocycles. The van der Waals surface area contributed by atoms with Crippen LogP contribution in [0.25, 0.3) is 0 Å². The van der Waals surface area contributed by atoms with Crippen molar-refractivity contribution in [2.45, 2.75) is 13.3 Å². The number of methoxy groups -OCH3 is 1. The van der Waals surface area contributed by atoms with Crippen LogP contribution < -0.4 is 0 Å². The first-order valence-electron chi connectivity index (χ1n) is 3.07. The van der Waals surface area contributed by atoms with E-state index in [2.05, 4.69) is 19.4 Å². The Balaban J connectivity index is 2.59. The van der Waals surface area contributed by atoms with Gasteiger partial charge in [0.25, 0.3) is 0 Å². The Bertz CT molecular complexity index is 154. The van der Waals surface area contributed by atoms with Crippen molar-refractivity contribution >= 4 is 0 Å². The van der Waals surface area contributed by atoms with Crippen LogP contribution in [0.3, 0.4) is 0 Å². The van der Waals surface area contributed by atoms with Gasteiger partial charge < -0.3 is 4.74 Å². The first kappa shape index (κ1) is 6.40. The maximum absolute atomic E-state index is 5.00. The molecule has 0 bridgehead atoms. The Morgan fingerprint density at radius 2 is 2.22 bits per heavy atom. The molecule has 0 spiro atoms. The molecule has 0 atom stereocenters. The second-order valence-electron chi connectivity index (χ2n) is 2.19. The zero-order chi connectivity index (χ0) is 6.69. The smallest absolute Gasteiger partial charge is 0.0996 e. The second-order valence-corrected chi connectivity index (χ2v) is 2.19. The lowest BCUT2D eigenvalue weighted by atomic mass is 10.1. The lowest BCUT2D eigenvalue weighted by Gasteiger charge is -2.08. The Kier molecular flexibility index (Phi) is 1.93. The summed E-state index contributed by atoms with van der Waals surface area (Å²) in [6, 6.07) is 0. The van der Waals surface area contributed by atoms with Gasteiger partial charge in [-0.2, -0.15) is 0 Å². The molecule has 0 N–H and O–H groups in total. The Morgan fingerprint density at radius 1 is 1.44 bits per heavy atom. The van der Waals surface area contributed by atoms with Crippen molar-refractivity contribution in [2.75, 3.05) is 7.11 Å². The third-order valence-electron chi connectivity index (χ3n) is 1.39. The maximum atomic E-state index is 5.00. The first-order valence-corrected chi connectivity index (χ1v) is 3.07. The predicted octanol–water partition coefficient (Wildman–Crippen LogP) is 2.07. The van der Waals surface area contributed by atoms with Crippen molar-refractivity contribution in [3.63, 3.8) is 0 Å². The van der Waals surface area contributed by atoms with Gasteiger partial charge in [0.05, 0.1) is 12.9 Å². The van der Waals surface area contributed by atoms with Crippen LogP contribution in [0.5, 0.6) is 0 Å². The summed E-state index contributed by atoms with van der Waals surface area (Å²) < 4.78 is 5.00. The Labute approximate surface area is 56.0 Å². The molecule has 0 saturated carbocycles. The van der Waals surface area contributed by atoms with Gasteiger partial charge in [-0.15, -0.1) is 0 Å². The van der Waals surface area contributed by atoms with E-state index < -0.39 is 0 Å². The van der Waals surface area contributed by atoms with Crippen LogP contribution in [0.15, 0.2) is 23.5 Å². The van der Waals surface area contributed by atoms with Crippen LogP contribution in [0.1, 0.15) is 13.3 Å². The molecule has 9 heavy (non-hydrogen) atoms. The summed E-state index contributed by atoms with van der Waals surface area (Å²) in [5.74, 6) is 0.973. The molecule has 0 aliphatic heterocycles. The van der Waals surface area contributed by atoms with E-state index in [4.69, 9.17) is 4.74 Å². The normalized spacial score (nSPS) is 18.4. The van der Waals surface area contributed by atoms with E-state index in [9.17, 15) is 0 Å². The largest absolute Gasteiger partial charge is 0.501 e. The van der Waals surface area contributed by atoms with Crippen LogP contribution in [0.4, 0.5) is 0 Å². The third kappa shape index (κ3) is 1.60. The molecule has 0 aromatic carbocycles. The van der Waals surface area contributed by atoms with Crippen LogP contribution in [-0.4, -0.2) is 7.11 Å². The topological polar surface area (TPSA) is 9.23 Å². The van der Waals surface area contributed by atoms with Gasteiger partial charge in [0.15, 0.2) is 0 Å². The van der Waals surface area contributed by atoms with Gasteiger partial charge >= 0.3 is 0 Å². The van der Waals surface area contributed by atoms with E-state index in [1.54, 1.807) is 7.11 Å². The zero-order valence-electron chi connectivity index (χ0n) is 5.85. The molecule has 1 radical (unpaired) electrons. The number of allylic oxidation sites excluding steroid dienone is 4. The van der Waals surface area contributed by atoms with Gasteiger partial charge in [-0.05, 0) is 19.4 Å².